The van der Waals surface area contributed by atoms with Crippen molar-refractivity contribution in [1.29, 1.82) is 0 Å². The number of aldehydes is 1. The highest BCUT2D eigenvalue weighted by Gasteiger charge is 2.27. The molecule has 0 fully saturated rings. The SMILES string of the molecule is CCCCC(C=O)(CC)Cc1ccccc1. The van der Waals surface area contributed by atoms with Crippen LogP contribution in [0.1, 0.15) is 45.1 Å². The summed E-state index contributed by atoms with van der Waals surface area (Å²) < 4.78 is 0. The van der Waals surface area contributed by atoms with E-state index in [0.29, 0.717) is 0 Å². The molecule has 0 N–H and O–H groups in total. The van der Waals surface area contributed by atoms with Gasteiger partial charge in [-0.1, -0.05) is 57.0 Å². The highest BCUT2D eigenvalue weighted by molar-refractivity contribution is 5.60. The van der Waals surface area contributed by atoms with Crippen molar-refractivity contribution < 1.29 is 4.79 Å². The van der Waals surface area contributed by atoms with Crippen molar-refractivity contribution in [2.24, 2.45) is 5.41 Å². The van der Waals surface area contributed by atoms with Gasteiger partial charge in [-0.05, 0) is 24.8 Å². The minimum Gasteiger partial charge on any atom is -0.303 e. The molecule has 16 heavy (non-hydrogen) atoms. The lowest BCUT2D eigenvalue weighted by Crippen LogP contribution is -2.24. The molecule has 1 rings (SSSR count). The summed E-state index contributed by atoms with van der Waals surface area (Å²) in [6.07, 6.45) is 6.30. The smallest absolute Gasteiger partial charge is 0.126 e. The lowest BCUT2D eigenvalue weighted by molar-refractivity contribution is -0.116. The van der Waals surface area contributed by atoms with Gasteiger partial charge in [0.25, 0.3) is 0 Å². The van der Waals surface area contributed by atoms with Gasteiger partial charge in [-0.15, -0.1) is 0 Å². The van der Waals surface area contributed by atoms with Crippen molar-refractivity contribution in [2.45, 2.75) is 46.0 Å². The van der Waals surface area contributed by atoms with Crippen molar-refractivity contribution in [3.8, 4) is 0 Å². The van der Waals surface area contributed by atoms with E-state index < -0.39 is 0 Å². The maximum Gasteiger partial charge on any atom is 0.126 e. The molecule has 0 saturated heterocycles. The molecule has 1 heteroatoms. The van der Waals surface area contributed by atoms with Gasteiger partial charge in [0, 0.05) is 5.41 Å². The lowest BCUT2D eigenvalue weighted by Gasteiger charge is -2.26. The van der Waals surface area contributed by atoms with Crippen LogP contribution in [0.5, 0.6) is 0 Å². The molecule has 1 unspecified atom stereocenters. The summed E-state index contributed by atoms with van der Waals surface area (Å²) in [7, 11) is 0. The van der Waals surface area contributed by atoms with Gasteiger partial charge < -0.3 is 4.79 Å². The maximum atomic E-state index is 11.4. The molecule has 0 amide bonds. The third-order valence-electron chi connectivity index (χ3n) is 3.38. The molecule has 0 aliphatic carbocycles. The number of rotatable bonds is 7. The molecule has 1 atom stereocenters. The van der Waals surface area contributed by atoms with Crippen molar-refractivity contribution in [2.75, 3.05) is 0 Å². The van der Waals surface area contributed by atoms with E-state index in [1.165, 1.54) is 11.8 Å². The van der Waals surface area contributed by atoms with Gasteiger partial charge in [-0.25, -0.2) is 0 Å². The number of carbonyl (C=O) groups excluding carboxylic acids is 1. The van der Waals surface area contributed by atoms with E-state index in [9.17, 15) is 4.79 Å². The Labute approximate surface area is 98.9 Å². The molecule has 1 aromatic rings. The summed E-state index contributed by atoms with van der Waals surface area (Å²) in [4.78, 5) is 11.4. The Bertz CT molecular complexity index is 304. The Morgan fingerprint density at radius 2 is 1.88 bits per heavy atom. The van der Waals surface area contributed by atoms with Crippen molar-refractivity contribution in [3.63, 3.8) is 0 Å². The Morgan fingerprint density at radius 1 is 1.19 bits per heavy atom. The summed E-state index contributed by atoms with van der Waals surface area (Å²) >= 11 is 0. The van der Waals surface area contributed by atoms with Crippen LogP contribution in [0.3, 0.4) is 0 Å². The third-order valence-corrected chi connectivity index (χ3v) is 3.38. The van der Waals surface area contributed by atoms with E-state index in [4.69, 9.17) is 0 Å². The topological polar surface area (TPSA) is 17.1 Å². The molecule has 0 spiro atoms. The van der Waals surface area contributed by atoms with Crippen molar-refractivity contribution in [1.82, 2.24) is 0 Å². The Kier molecular flexibility index (Phi) is 5.24. The number of hydrogen-bond acceptors (Lipinski definition) is 1. The quantitative estimate of drug-likeness (QED) is 0.632. The number of unbranched alkanes of at least 4 members (excludes halogenated alkanes) is 1. The molecule has 0 heterocycles. The fraction of sp³-hybridized carbons (Fsp3) is 0.533. The standard InChI is InChI=1S/C15H22O/c1-3-5-11-15(4-2,13-16)12-14-9-7-6-8-10-14/h6-10,13H,3-5,11-12H2,1-2H3. The molecule has 1 aromatic carbocycles. The second-order valence-corrected chi connectivity index (χ2v) is 4.60. The lowest BCUT2D eigenvalue weighted by atomic mass is 9.76. The van der Waals surface area contributed by atoms with Gasteiger partial charge >= 0.3 is 0 Å². The van der Waals surface area contributed by atoms with Crippen molar-refractivity contribution in [3.05, 3.63) is 35.9 Å². The van der Waals surface area contributed by atoms with Crippen LogP contribution in [-0.2, 0) is 11.2 Å². The van der Waals surface area contributed by atoms with E-state index in [1.807, 2.05) is 18.2 Å². The average molecular weight is 218 g/mol. The summed E-state index contributed by atoms with van der Waals surface area (Å²) in [5.41, 5.74) is 1.13. The molecule has 0 aromatic heterocycles. The summed E-state index contributed by atoms with van der Waals surface area (Å²) in [5.74, 6) is 0. The van der Waals surface area contributed by atoms with Gasteiger partial charge in [0.15, 0.2) is 0 Å². The summed E-state index contributed by atoms with van der Waals surface area (Å²) in [6, 6.07) is 10.3. The predicted molar refractivity (Wildman–Crippen MR) is 68.5 cm³/mol. The van der Waals surface area contributed by atoms with Gasteiger partial charge in [0.2, 0.25) is 0 Å². The van der Waals surface area contributed by atoms with E-state index in [1.54, 1.807) is 0 Å². The van der Waals surface area contributed by atoms with E-state index in [2.05, 4.69) is 26.0 Å². The first-order chi connectivity index (χ1) is 7.76. The van der Waals surface area contributed by atoms with Crippen LogP contribution in [0.4, 0.5) is 0 Å². The largest absolute Gasteiger partial charge is 0.303 e. The van der Waals surface area contributed by atoms with Crippen LogP contribution in [0, 0.1) is 5.41 Å². The predicted octanol–water partition coefficient (Wildman–Crippen LogP) is 4.01. The minimum atomic E-state index is -0.142. The van der Waals surface area contributed by atoms with Crippen LogP contribution >= 0.6 is 0 Å². The van der Waals surface area contributed by atoms with E-state index in [0.717, 1.165) is 32.1 Å². The van der Waals surface area contributed by atoms with Crippen LogP contribution in [0.15, 0.2) is 30.3 Å². The monoisotopic (exact) mass is 218 g/mol. The fourth-order valence-corrected chi connectivity index (χ4v) is 2.11. The van der Waals surface area contributed by atoms with Crippen LogP contribution < -0.4 is 0 Å². The van der Waals surface area contributed by atoms with E-state index in [-0.39, 0.29) is 5.41 Å². The molecule has 88 valence electrons. The average Bonchev–Trinajstić information content (AvgIpc) is 2.36. The van der Waals surface area contributed by atoms with Crippen LogP contribution in [-0.4, -0.2) is 6.29 Å². The number of hydrogen-bond donors (Lipinski definition) is 0. The molecule has 0 aliphatic rings. The molecular formula is C15H22O. The number of carbonyl (C=O) groups is 1. The second-order valence-electron chi connectivity index (χ2n) is 4.60. The Balaban J connectivity index is 2.74. The highest BCUT2D eigenvalue weighted by atomic mass is 16.1. The van der Waals surface area contributed by atoms with Gasteiger partial charge in [0.1, 0.15) is 6.29 Å². The third kappa shape index (κ3) is 3.48. The fourth-order valence-electron chi connectivity index (χ4n) is 2.11. The Morgan fingerprint density at radius 3 is 2.38 bits per heavy atom. The molecular weight excluding hydrogens is 196 g/mol. The molecule has 0 bridgehead atoms. The molecule has 0 aliphatic heterocycles. The number of benzene rings is 1. The first-order valence-corrected chi connectivity index (χ1v) is 6.26. The second kappa shape index (κ2) is 6.47. The summed E-state index contributed by atoms with van der Waals surface area (Å²) in [6.45, 7) is 4.29. The first kappa shape index (κ1) is 13.0. The van der Waals surface area contributed by atoms with E-state index >= 15 is 0 Å². The summed E-state index contributed by atoms with van der Waals surface area (Å²) in [5, 5.41) is 0. The molecule has 1 nitrogen and oxygen atoms in total. The van der Waals surface area contributed by atoms with Gasteiger partial charge in [-0.2, -0.15) is 0 Å². The van der Waals surface area contributed by atoms with Gasteiger partial charge in [-0.3, -0.25) is 0 Å². The molecule has 0 saturated carbocycles. The zero-order valence-corrected chi connectivity index (χ0v) is 10.4. The molecule has 0 radical (unpaired) electrons. The van der Waals surface area contributed by atoms with Crippen LogP contribution in [0.2, 0.25) is 0 Å². The maximum absolute atomic E-state index is 11.4. The normalized spacial score (nSPS) is 14.4. The zero-order chi connectivity index (χ0) is 11.9. The first-order valence-electron chi connectivity index (χ1n) is 6.26. The highest BCUT2D eigenvalue weighted by Crippen LogP contribution is 2.30. The van der Waals surface area contributed by atoms with Gasteiger partial charge in [0.05, 0.1) is 0 Å². The van der Waals surface area contributed by atoms with Crippen LogP contribution in [0.25, 0.3) is 0 Å². The van der Waals surface area contributed by atoms with Crippen molar-refractivity contribution >= 4 is 6.29 Å². The Hall–Kier alpha value is -1.11. The minimum absolute atomic E-state index is 0.142. The zero-order valence-electron chi connectivity index (χ0n) is 10.4.